The van der Waals surface area contributed by atoms with Gasteiger partial charge >= 0.3 is 11.9 Å². The molecule has 4 aliphatic carbocycles. The first-order chi connectivity index (χ1) is 31.4. The summed E-state index contributed by atoms with van der Waals surface area (Å²) in [5, 5.41) is 32.8. The number of ether oxygens (including phenoxy) is 2. The van der Waals surface area contributed by atoms with Gasteiger partial charge in [0.05, 0.1) is 24.1 Å². The number of amides is 7. The largest absolute Gasteiger partial charge is 0.481 e. The number of esters is 1. The number of carboxylic acid groups (broad SMARTS) is 1. The van der Waals surface area contributed by atoms with Crippen molar-refractivity contribution in [1.29, 1.82) is 0 Å². The van der Waals surface area contributed by atoms with Crippen LogP contribution in [0.2, 0.25) is 0 Å². The zero-order valence-electron chi connectivity index (χ0n) is 38.1. The third kappa shape index (κ3) is 10.5. The average Bonchev–Trinajstić information content (AvgIpc) is 3.71. The molecule has 1 aliphatic heterocycles. The maximum Gasteiger partial charge on any atom is 0.306 e. The lowest BCUT2D eigenvalue weighted by molar-refractivity contribution is -0.203. The highest BCUT2D eigenvalue weighted by molar-refractivity contribution is 6.26. The van der Waals surface area contributed by atoms with E-state index in [1.165, 1.54) is 13.0 Å². The molecule has 0 spiro atoms. The third-order valence-corrected chi connectivity index (χ3v) is 15.1. The van der Waals surface area contributed by atoms with Crippen LogP contribution in [0.25, 0.3) is 0 Å². The number of aliphatic hydroxyl groups excluding tert-OH is 1. The lowest BCUT2D eigenvalue weighted by Gasteiger charge is -2.64. The molecule has 5 rings (SSSR count). The number of aliphatic carboxylic acids is 1. The number of nitrogens with one attached hydrogen (secondary N) is 5. The van der Waals surface area contributed by atoms with Gasteiger partial charge in [-0.2, -0.15) is 0 Å². The lowest BCUT2D eigenvalue weighted by Crippen LogP contribution is -2.69. The van der Waals surface area contributed by atoms with Crippen LogP contribution in [-0.2, 0) is 62.2 Å². The number of hydrogen-bond acceptors (Lipinski definition) is 14. The summed E-state index contributed by atoms with van der Waals surface area (Å²) in [6.45, 7) is 5.94. The van der Waals surface area contributed by atoms with Gasteiger partial charge < -0.3 is 46.3 Å². The summed E-state index contributed by atoms with van der Waals surface area (Å²) in [7, 11) is 0. The van der Waals surface area contributed by atoms with Crippen molar-refractivity contribution in [3.63, 3.8) is 0 Å². The van der Waals surface area contributed by atoms with Crippen LogP contribution in [-0.4, -0.2) is 142 Å². The van der Waals surface area contributed by atoms with Gasteiger partial charge in [-0.05, 0) is 63.0 Å². The molecule has 7 N–H and O–H groups in total. The van der Waals surface area contributed by atoms with Crippen LogP contribution < -0.4 is 26.6 Å². The Labute approximate surface area is 391 Å². The highest BCUT2D eigenvalue weighted by Gasteiger charge is 2.76. The molecule has 22 heteroatoms. The van der Waals surface area contributed by atoms with Crippen LogP contribution in [0, 0.1) is 28.6 Å². The van der Waals surface area contributed by atoms with Crippen molar-refractivity contribution in [1.82, 2.24) is 31.5 Å². The Hall–Kier alpha value is -5.80. The van der Waals surface area contributed by atoms with Gasteiger partial charge in [-0.3, -0.25) is 57.6 Å². The van der Waals surface area contributed by atoms with Crippen molar-refractivity contribution in [2.24, 2.45) is 28.6 Å². The molecule has 1 heterocycles. The number of aliphatic hydroxyl groups is 1. The first-order valence-electron chi connectivity index (χ1n) is 22.2. The van der Waals surface area contributed by atoms with E-state index in [4.69, 9.17) is 26.2 Å². The molecular formula is C45H59ClN6O15. The number of carboxylic acids is 1. The van der Waals surface area contributed by atoms with Crippen molar-refractivity contribution in [3.8, 4) is 0 Å². The molecule has 5 aliphatic rings. The molecule has 67 heavy (non-hydrogen) atoms. The summed E-state index contributed by atoms with van der Waals surface area (Å²) in [6.07, 6.45) is 6.05. The number of hydrogen-bond donors (Lipinski definition) is 7. The monoisotopic (exact) mass is 958 g/mol. The zero-order valence-corrected chi connectivity index (χ0v) is 38.8. The van der Waals surface area contributed by atoms with E-state index >= 15 is 0 Å². The van der Waals surface area contributed by atoms with Gasteiger partial charge in [0.2, 0.25) is 35.3 Å². The van der Waals surface area contributed by atoms with E-state index in [0.717, 1.165) is 22.6 Å². The fourth-order valence-electron chi connectivity index (χ4n) is 10.7. The Balaban J connectivity index is 1.08. The van der Waals surface area contributed by atoms with E-state index in [1.807, 2.05) is 20.8 Å². The molecular weight excluding hydrogens is 900 g/mol. The number of nitrogens with zero attached hydrogens (tertiary/aromatic N) is 1. The minimum absolute atomic E-state index is 0.0171. The van der Waals surface area contributed by atoms with Crippen LogP contribution in [0.5, 0.6) is 0 Å². The van der Waals surface area contributed by atoms with Gasteiger partial charge in [-0.1, -0.05) is 39.3 Å². The second-order valence-corrected chi connectivity index (χ2v) is 18.8. The maximum absolute atomic E-state index is 14.4. The number of Topliss-reactive ketones (excluding diaryl/α,β-unsaturated/α-hetero) is 1. The Morgan fingerprint density at radius 2 is 1.55 bits per heavy atom. The highest BCUT2D eigenvalue weighted by atomic mass is 35.5. The molecule has 0 bridgehead atoms. The van der Waals surface area contributed by atoms with Crippen molar-refractivity contribution in [2.45, 2.75) is 115 Å². The molecule has 3 saturated carbocycles. The van der Waals surface area contributed by atoms with E-state index in [1.54, 1.807) is 19.1 Å². The van der Waals surface area contributed by atoms with Gasteiger partial charge in [-0.25, -0.2) is 0 Å². The fraction of sp³-hybridized carbons (Fsp3) is 0.622. The Morgan fingerprint density at radius 1 is 0.896 bits per heavy atom. The zero-order chi connectivity index (χ0) is 49.6. The molecule has 0 aromatic heterocycles. The van der Waals surface area contributed by atoms with E-state index < -0.39 is 137 Å². The van der Waals surface area contributed by atoms with Crippen LogP contribution in [0.15, 0.2) is 36.0 Å². The van der Waals surface area contributed by atoms with Gasteiger partial charge in [0.25, 0.3) is 11.8 Å². The summed E-state index contributed by atoms with van der Waals surface area (Å²) in [4.78, 5) is 137. The molecule has 0 aromatic carbocycles. The minimum Gasteiger partial charge on any atom is -0.481 e. The maximum atomic E-state index is 14.4. The van der Waals surface area contributed by atoms with Crippen molar-refractivity contribution in [3.05, 3.63) is 36.0 Å². The molecule has 1 unspecified atom stereocenters. The lowest BCUT2D eigenvalue weighted by atomic mass is 9.45. The molecule has 3 fully saturated rings. The number of rotatable bonds is 21. The SMILES string of the molecule is CCC(=O)O[C@]1(C(=O)COCNC(=O)CNC(=O)CNC(=O)[C@H](C)NC(=O)[C@H](CCC(=O)O)NC(=O)CCN2C(=O)C=CC2=O)[C@@H](C)CC2[C@@H]3CCC4=CC(=O)C=C[C@]4(C)[C@@]3(Cl)[C@@H](O)C[C@@]21C. The quantitative estimate of drug-likeness (QED) is 0.0254. The Kier molecular flexibility index (Phi) is 16.4. The third-order valence-electron chi connectivity index (χ3n) is 14.1. The van der Waals surface area contributed by atoms with Crippen LogP contribution >= 0.6 is 11.6 Å². The van der Waals surface area contributed by atoms with Crippen LogP contribution in [0.3, 0.4) is 0 Å². The van der Waals surface area contributed by atoms with Crippen LogP contribution in [0.1, 0.15) is 86.0 Å². The van der Waals surface area contributed by atoms with Gasteiger partial charge in [0, 0.05) is 54.7 Å². The molecule has 21 nitrogen and oxygen atoms in total. The summed E-state index contributed by atoms with van der Waals surface area (Å²) in [5.41, 5.74) is -2.77. The van der Waals surface area contributed by atoms with Gasteiger partial charge in [-0.15, -0.1) is 11.6 Å². The van der Waals surface area contributed by atoms with Crippen molar-refractivity contribution in [2.75, 3.05) is 33.0 Å². The topological polar surface area (TPSA) is 310 Å². The summed E-state index contributed by atoms with van der Waals surface area (Å²) >= 11 is 7.57. The van der Waals surface area contributed by atoms with Crippen molar-refractivity contribution >= 4 is 76.5 Å². The number of imide groups is 1. The number of carbonyl (C=O) groups is 11. The number of halogens is 1. The van der Waals surface area contributed by atoms with E-state index in [2.05, 4.69) is 26.6 Å². The number of alkyl halides is 1. The fourth-order valence-corrected chi connectivity index (χ4v) is 11.2. The molecule has 0 aromatic rings. The highest BCUT2D eigenvalue weighted by Crippen LogP contribution is 2.72. The predicted octanol–water partition coefficient (Wildman–Crippen LogP) is -0.374. The standard InChI is InChI=1S/C45H59ClN6O15/c1-6-39(63)67-45(24(2)17-29-28-8-7-26-18-27(53)13-15-42(26,4)44(28,46)31(54)19-43(29,45)5)32(55)22-66-23-49-35(58)20-47-34(57)21-48-40(64)25(3)50-41(65)30(9-12-38(61)62)51-33(56)14-16-52-36(59)10-11-37(52)60/h10-11,13,15,18,24-25,28-31,54H,6-9,12,14,16-17,19-23H2,1-5H3,(H,47,57)(H,48,64)(H,49,58)(H,50,65)(H,51,56)(H,61,62)/t24-,25-,28-,29?,30-,31-,42-,43-,44-,45-/m0/s1. The number of carbonyl (C=O) groups excluding carboxylic acids is 10. The average molecular weight is 959 g/mol. The summed E-state index contributed by atoms with van der Waals surface area (Å²) in [6, 6.07) is -2.67. The first-order valence-corrected chi connectivity index (χ1v) is 22.6. The molecule has 366 valence electrons. The molecule has 7 amide bonds. The smallest absolute Gasteiger partial charge is 0.306 e. The molecule has 10 atom stereocenters. The van der Waals surface area contributed by atoms with E-state index in [-0.39, 0.29) is 49.8 Å². The van der Waals surface area contributed by atoms with Crippen LogP contribution in [0.4, 0.5) is 0 Å². The number of allylic oxidation sites excluding steroid dienone is 4. The Morgan fingerprint density at radius 3 is 2.21 bits per heavy atom. The summed E-state index contributed by atoms with van der Waals surface area (Å²) < 4.78 is 11.8. The van der Waals surface area contributed by atoms with Gasteiger partial charge in [0.1, 0.15) is 25.4 Å². The first kappa shape index (κ1) is 52.2. The molecule has 0 saturated heterocycles. The van der Waals surface area contributed by atoms with E-state index in [0.29, 0.717) is 19.3 Å². The Bertz CT molecular complexity index is 2160. The minimum atomic E-state index is -1.71. The van der Waals surface area contributed by atoms with Gasteiger partial charge in [0.15, 0.2) is 11.4 Å². The predicted molar refractivity (Wildman–Crippen MR) is 234 cm³/mol. The summed E-state index contributed by atoms with van der Waals surface area (Å²) in [5.74, 6) is -8.93. The normalized spacial score (nSPS) is 30.2. The second-order valence-electron chi connectivity index (χ2n) is 18.2. The number of ketones is 2. The second kappa shape index (κ2) is 21.0. The number of fused-ring (bicyclic) bond motifs is 5. The molecule has 0 radical (unpaired) electrons. The van der Waals surface area contributed by atoms with E-state index in [9.17, 15) is 57.8 Å². The van der Waals surface area contributed by atoms with Crippen molar-refractivity contribution < 1.29 is 72.4 Å².